The number of nitrogens with zero attached hydrogens (tertiary/aromatic N) is 2. The molecule has 7 heteroatoms. The van der Waals surface area contributed by atoms with Crippen LogP contribution in [0.25, 0.3) is 5.00 Å². The number of carbonyl (C=O) groups excluding carboxylic acids is 3. The number of hydrogen-bond acceptors (Lipinski definition) is 4. The Kier molecular flexibility index (Phi) is 4.84. The van der Waals surface area contributed by atoms with E-state index in [1.165, 1.54) is 16.2 Å². The number of amides is 3. The smallest absolute Gasteiger partial charge is 0.258 e. The van der Waals surface area contributed by atoms with Gasteiger partial charge in [0.15, 0.2) is 0 Å². The Morgan fingerprint density at radius 2 is 1.62 bits per heavy atom. The number of imide groups is 1. The number of benzene rings is 1. The Morgan fingerprint density at radius 1 is 0.966 bits per heavy atom. The second-order valence-electron chi connectivity index (χ2n) is 7.17. The number of rotatable bonds is 4. The molecule has 6 nitrogen and oxygen atoms in total. The molecule has 0 atom stereocenters. The highest BCUT2D eigenvalue weighted by Crippen LogP contribution is 2.30. The molecule has 2 aromatic heterocycles. The summed E-state index contributed by atoms with van der Waals surface area (Å²) in [6.07, 6.45) is 0.492. The molecule has 0 saturated carbocycles. The summed E-state index contributed by atoms with van der Waals surface area (Å²) >= 11 is 1.52. The number of carbonyl (C=O) groups is 3. The first kappa shape index (κ1) is 19.1. The standard InChI is InChI=1S/C22H21N3O3S/c1-13-12-16(6-7-18(13)25-19(26)8-9-20(25)27)23-21(28)17-10-11-29-22(17)24-14(2)4-5-15(24)3/h4-7,10-12H,8-9H2,1-3H3,(H,23,28). The van der Waals surface area contributed by atoms with Crippen molar-refractivity contribution < 1.29 is 14.4 Å². The average molecular weight is 407 g/mol. The summed E-state index contributed by atoms with van der Waals surface area (Å²) in [5.74, 6) is -0.570. The van der Waals surface area contributed by atoms with Crippen LogP contribution in [0.3, 0.4) is 0 Å². The van der Waals surface area contributed by atoms with E-state index < -0.39 is 0 Å². The summed E-state index contributed by atoms with van der Waals surface area (Å²) in [6, 6.07) is 11.1. The van der Waals surface area contributed by atoms with Gasteiger partial charge in [-0.15, -0.1) is 11.3 Å². The van der Waals surface area contributed by atoms with Crippen LogP contribution in [-0.2, 0) is 9.59 Å². The van der Waals surface area contributed by atoms with E-state index in [1.807, 2.05) is 44.4 Å². The summed E-state index contributed by atoms with van der Waals surface area (Å²) in [5.41, 5.74) is 4.69. The van der Waals surface area contributed by atoms with Crippen molar-refractivity contribution in [3.63, 3.8) is 0 Å². The fourth-order valence-electron chi connectivity index (χ4n) is 3.66. The number of thiophene rings is 1. The van der Waals surface area contributed by atoms with Gasteiger partial charge < -0.3 is 9.88 Å². The predicted molar refractivity (Wildman–Crippen MR) is 114 cm³/mol. The van der Waals surface area contributed by atoms with Crippen molar-refractivity contribution in [3.8, 4) is 5.00 Å². The van der Waals surface area contributed by atoms with E-state index in [4.69, 9.17) is 0 Å². The van der Waals surface area contributed by atoms with Crippen molar-refractivity contribution in [1.29, 1.82) is 0 Å². The number of anilines is 2. The quantitative estimate of drug-likeness (QED) is 0.653. The molecule has 1 aliphatic rings. The van der Waals surface area contributed by atoms with Crippen LogP contribution in [0.2, 0.25) is 0 Å². The summed E-state index contributed by atoms with van der Waals surface area (Å²) < 4.78 is 2.07. The van der Waals surface area contributed by atoms with Crippen LogP contribution < -0.4 is 10.2 Å². The molecule has 0 unspecified atom stereocenters. The van der Waals surface area contributed by atoms with Crippen molar-refractivity contribution >= 4 is 40.4 Å². The molecule has 3 amide bonds. The van der Waals surface area contributed by atoms with Gasteiger partial charge in [-0.05, 0) is 68.1 Å². The number of aryl methyl sites for hydroxylation is 3. The molecule has 0 aliphatic carbocycles. The third-order valence-electron chi connectivity index (χ3n) is 5.11. The first-order valence-electron chi connectivity index (χ1n) is 9.37. The van der Waals surface area contributed by atoms with Crippen LogP contribution in [-0.4, -0.2) is 22.3 Å². The second kappa shape index (κ2) is 7.33. The molecule has 0 radical (unpaired) electrons. The lowest BCUT2D eigenvalue weighted by Crippen LogP contribution is -2.29. The molecule has 1 fully saturated rings. The topological polar surface area (TPSA) is 71.4 Å². The Labute approximate surface area is 172 Å². The van der Waals surface area contributed by atoms with E-state index in [-0.39, 0.29) is 30.6 Å². The van der Waals surface area contributed by atoms with Crippen molar-refractivity contribution in [2.75, 3.05) is 10.2 Å². The zero-order chi connectivity index (χ0) is 20.7. The number of aromatic nitrogens is 1. The zero-order valence-corrected chi connectivity index (χ0v) is 17.3. The van der Waals surface area contributed by atoms with Crippen LogP contribution in [0.4, 0.5) is 11.4 Å². The molecule has 0 bridgehead atoms. The molecular formula is C22H21N3O3S. The highest BCUT2D eigenvalue weighted by atomic mass is 32.1. The molecule has 1 aliphatic heterocycles. The van der Waals surface area contributed by atoms with E-state index in [0.717, 1.165) is 22.0 Å². The fraction of sp³-hybridized carbons (Fsp3) is 0.227. The molecular weight excluding hydrogens is 386 g/mol. The maximum Gasteiger partial charge on any atom is 0.258 e. The highest BCUT2D eigenvalue weighted by Gasteiger charge is 2.31. The lowest BCUT2D eigenvalue weighted by atomic mass is 10.1. The maximum absolute atomic E-state index is 12.9. The minimum Gasteiger partial charge on any atom is -0.322 e. The van der Waals surface area contributed by atoms with Gasteiger partial charge in [-0.2, -0.15) is 0 Å². The number of nitrogens with one attached hydrogen (secondary N) is 1. The zero-order valence-electron chi connectivity index (χ0n) is 16.5. The Morgan fingerprint density at radius 3 is 2.24 bits per heavy atom. The van der Waals surface area contributed by atoms with Crippen LogP contribution >= 0.6 is 11.3 Å². The molecule has 1 saturated heterocycles. The normalized spacial score (nSPS) is 14.0. The van der Waals surface area contributed by atoms with Gasteiger partial charge >= 0.3 is 0 Å². The van der Waals surface area contributed by atoms with Crippen molar-refractivity contribution in [2.24, 2.45) is 0 Å². The van der Waals surface area contributed by atoms with Gasteiger partial charge in [-0.1, -0.05) is 0 Å². The van der Waals surface area contributed by atoms with Crippen LogP contribution in [0.15, 0.2) is 41.8 Å². The van der Waals surface area contributed by atoms with Gasteiger partial charge in [-0.25, -0.2) is 0 Å². The molecule has 1 aromatic carbocycles. The molecule has 1 N–H and O–H groups in total. The Bertz CT molecular complexity index is 1110. The molecule has 29 heavy (non-hydrogen) atoms. The molecule has 3 aromatic rings. The first-order valence-corrected chi connectivity index (χ1v) is 10.3. The van der Waals surface area contributed by atoms with Crippen LogP contribution in [0, 0.1) is 20.8 Å². The number of hydrogen-bond donors (Lipinski definition) is 1. The third kappa shape index (κ3) is 3.38. The van der Waals surface area contributed by atoms with Crippen molar-refractivity contribution in [3.05, 3.63) is 64.3 Å². The lowest BCUT2D eigenvalue weighted by molar-refractivity contribution is -0.121. The highest BCUT2D eigenvalue weighted by molar-refractivity contribution is 7.13. The maximum atomic E-state index is 12.9. The van der Waals surface area contributed by atoms with Crippen LogP contribution in [0.1, 0.15) is 40.2 Å². The molecule has 0 spiro atoms. The summed E-state index contributed by atoms with van der Waals surface area (Å²) in [5, 5.41) is 5.72. The van der Waals surface area contributed by atoms with Crippen molar-refractivity contribution in [1.82, 2.24) is 4.57 Å². The fourth-order valence-corrected chi connectivity index (χ4v) is 4.68. The third-order valence-corrected chi connectivity index (χ3v) is 6.01. The molecule has 3 heterocycles. The van der Waals surface area contributed by atoms with Crippen molar-refractivity contribution in [2.45, 2.75) is 33.6 Å². The Balaban J connectivity index is 1.59. The minimum absolute atomic E-state index is 0.185. The van der Waals surface area contributed by atoms with E-state index in [0.29, 0.717) is 16.9 Å². The first-order chi connectivity index (χ1) is 13.9. The van der Waals surface area contributed by atoms with E-state index in [9.17, 15) is 14.4 Å². The monoisotopic (exact) mass is 407 g/mol. The van der Waals surface area contributed by atoms with Gasteiger partial charge in [-0.3, -0.25) is 19.3 Å². The van der Waals surface area contributed by atoms with E-state index >= 15 is 0 Å². The lowest BCUT2D eigenvalue weighted by Gasteiger charge is -2.17. The average Bonchev–Trinajstić information content (AvgIpc) is 3.36. The molecule has 148 valence electrons. The van der Waals surface area contributed by atoms with Gasteiger partial charge in [0.25, 0.3) is 5.91 Å². The predicted octanol–water partition coefficient (Wildman–Crippen LogP) is 4.37. The van der Waals surface area contributed by atoms with Gasteiger partial charge in [0.2, 0.25) is 11.8 Å². The van der Waals surface area contributed by atoms with Gasteiger partial charge in [0, 0.05) is 29.9 Å². The molecule has 4 rings (SSSR count). The SMILES string of the molecule is Cc1cc(NC(=O)c2ccsc2-n2c(C)ccc2C)ccc1N1C(=O)CCC1=O. The largest absolute Gasteiger partial charge is 0.322 e. The van der Waals surface area contributed by atoms with Gasteiger partial charge in [0.05, 0.1) is 11.3 Å². The van der Waals surface area contributed by atoms with Gasteiger partial charge in [0.1, 0.15) is 5.00 Å². The van der Waals surface area contributed by atoms with E-state index in [2.05, 4.69) is 9.88 Å². The van der Waals surface area contributed by atoms with E-state index in [1.54, 1.807) is 18.2 Å². The second-order valence-corrected chi connectivity index (χ2v) is 8.06. The summed E-state index contributed by atoms with van der Waals surface area (Å²) in [6.45, 7) is 5.85. The summed E-state index contributed by atoms with van der Waals surface area (Å²) in [7, 11) is 0. The van der Waals surface area contributed by atoms with Crippen LogP contribution in [0.5, 0.6) is 0 Å². The Hall–Kier alpha value is -3.19. The minimum atomic E-state index is -0.200. The summed E-state index contributed by atoms with van der Waals surface area (Å²) in [4.78, 5) is 38.2.